The fraction of sp³-hybridized carbons (Fsp3) is 0.583. The molecule has 1 rings (SSSR count). The number of nitriles is 2. The zero-order valence-electron chi connectivity index (χ0n) is 11.6. The van der Waals surface area contributed by atoms with E-state index in [1.807, 2.05) is 26.0 Å². The summed E-state index contributed by atoms with van der Waals surface area (Å²) >= 11 is 0. The van der Waals surface area contributed by atoms with E-state index in [1.165, 1.54) is 4.90 Å². The number of ether oxygens (including phenoxy) is 1. The van der Waals surface area contributed by atoms with E-state index in [4.69, 9.17) is 15.3 Å². The summed E-state index contributed by atoms with van der Waals surface area (Å²) in [6.07, 6.45) is 0.831. The van der Waals surface area contributed by atoms with Gasteiger partial charge in [-0.3, -0.25) is 0 Å². The monoisotopic (exact) mass is 275 g/mol. The van der Waals surface area contributed by atoms with Gasteiger partial charge >= 0.3 is 6.01 Å². The molecule has 0 unspecified atom stereocenters. The molecule has 0 aromatic carbocycles. The summed E-state index contributed by atoms with van der Waals surface area (Å²) in [5.41, 5.74) is 0. The van der Waals surface area contributed by atoms with Crippen molar-refractivity contribution in [3.63, 3.8) is 0 Å². The lowest BCUT2D eigenvalue weighted by Crippen LogP contribution is -2.26. The highest BCUT2D eigenvalue weighted by atomic mass is 16.5. The van der Waals surface area contributed by atoms with Crippen LogP contribution >= 0.6 is 0 Å². The molecule has 1 aromatic heterocycles. The van der Waals surface area contributed by atoms with Gasteiger partial charge in [0.25, 0.3) is 0 Å². The van der Waals surface area contributed by atoms with Crippen LogP contribution in [0.2, 0.25) is 0 Å². The van der Waals surface area contributed by atoms with Crippen LogP contribution in [0.25, 0.3) is 0 Å². The smallest absolute Gasteiger partial charge is 0.323 e. The number of hydrogen-bond donors (Lipinski definition) is 1. The third kappa shape index (κ3) is 4.58. The average Bonchev–Trinajstić information content (AvgIpc) is 2.45. The molecule has 0 aliphatic rings. The molecule has 0 fully saturated rings. The Bertz CT molecular complexity index is 490. The highest BCUT2D eigenvalue weighted by molar-refractivity contribution is 5.40. The van der Waals surface area contributed by atoms with Crippen LogP contribution in [0, 0.1) is 22.7 Å². The average molecular weight is 275 g/mol. The summed E-state index contributed by atoms with van der Waals surface area (Å²) in [4.78, 5) is 13.9. The Morgan fingerprint density at radius 1 is 1.15 bits per heavy atom. The Labute approximate surface area is 118 Å². The highest BCUT2D eigenvalue weighted by Gasteiger charge is 2.13. The molecule has 0 amide bonds. The van der Waals surface area contributed by atoms with Crippen LogP contribution in [-0.2, 0) is 0 Å². The minimum Gasteiger partial charge on any atom is -0.463 e. The van der Waals surface area contributed by atoms with Crippen molar-refractivity contribution in [1.82, 2.24) is 15.0 Å². The number of hydrogen-bond acceptors (Lipinski definition) is 8. The molecule has 0 saturated heterocycles. The van der Waals surface area contributed by atoms with E-state index < -0.39 is 0 Å². The zero-order chi connectivity index (χ0) is 14.8. The van der Waals surface area contributed by atoms with Crippen molar-refractivity contribution < 1.29 is 4.74 Å². The molecule has 0 atom stereocenters. The second kappa shape index (κ2) is 8.48. The molecule has 8 heteroatoms. The van der Waals surface area contributed by atoms with Crippen LogP contribution in [0.5, 0.6) is 6.01 Å². The van der Waals surface area contributed by atoms with E-state index in [0.717, 1.165) is 6.42 Å². The van der Waals surface area contributed by atoms with Crippen molar-refractivity contribution in [1.29, 1.82) is 10.5 Å². The van der Waals surface area contributed by atoms with Gasteiger partial charge in [0.2, 0.25) is 11.9 Å². The van der Waals surface area contributed by atoms with E-state index in [0.29, 0.717) is 19.1 Å². The Kier molecular flexibility index (Phi) is 6.55. The summed E-state index contributed by atoms with van der Waals surface area (Å²) in [5, 5.41) is 20.5. The van der Waals surface area contributed by atoms with Crippen molar-refractivity contribution >= 4 is 11.9 Å². The largest absolute Gasteiger partial charge is 0.463 e. The Balaban J connectivity index is 3.05. The Morgan fingerprint density at radius 2 is 1.85 bits per heavy atom. The quantitative estimate of drug-likeness (QED) is 0.698. The molecule has 0 aliphatic heterocycles. The van der Waals surface area contributed by atoms with Crippen LogP contribution in [0.15, 0.2) is 0 Å². The van der Waals surface area contributed by atoms with Crippen LogP contribution in [0.4, 0.5) is 11.9 Å². The summed E-state index contributed by atoms with van der Waals surface area (Å²) < 4.78 is 5.39. The lowest BCUT2D eigenvalue weighted by atomic mass is 10.5. The first-order valence-corrected chi connectivity index (χ1v) is 6.36. The molecule has 0 bridgehead atoms. The highest BCUT2D eigenvalue weighted by Crippen LogP contribution is 2.14. The van der Waals surface area contributed by atoms with Gasteiger partial charge in [0.15, 0.2) is 0 Å². The van der Waals surface area contributed by atoms with Gasteiger partial charge in [0.1, 0.15) is 13.1 Å². The molecule has 1 N–H and O–H groups in total. The fourth-order valence-corrected chi connectivity index (χ4v) is 1.35. The molecule has 0 saturated carbocycles. The van der Waals surface area contributed by atoms with Gasteiger partial charge in [-0.25, -0.2) is 0 Å². The first-order valence-electron chi connectivity index (χ1n) is 6.36. The van der Waals surface area contributed by atoms with Gasteiger partial charge in [-0.05, 0) is 13.3 Å². The molecule has 20 heavy (non-hydrogen) atoms. The van der Waals surface area contributed by atoms with Crippen molar-refractivity contribution in [2.45, 2.75) is 20.3 Å². The van der Waals surface area contributed by atoms with Crippen LogP contribution in [0.1, 0.15) is 20.3 Å². The van der Waals surface area contributed by atoms with Crippen molar-refractivity contribution in [3.05, 3.63) is 0 Å². The Morgan fingerprint density at radius 3 is 2.40 bits per heavy atom. The second-order valence-corrected chi connectivity index (χ2v) is 3.79. The van der Waals surface area contributed by atoms with E-state index in [-0.39, 0.29) is 25.0 Å². The number of nitrogens with one attached hydrogen (secondary N) is 1. The maximum atomic E-state index is 8.79. The van der Waals surface area contributed by atoms with E-state index in [2.05, 4.69) is 20.3 Å². The fourth-order valence-electron chi connectivity index (χ4n) is 1.35. The number of nitrogens with zero attached hydrogens (tertiary/aromatic N) is 6. The molecule has 1 heterocycles. The van der Waals surface area contributed by atoms with E-state index in [9.17, 15) is 0 Å². The zero-order valence-corrected chi connectivity index (χ0v) is 11.6. The standard InChI is InChI=1S/C12H17N7O/c1-3-9-20-12-17-10(15-4-2)16-11(18-12)19(7-5-13)8-6-14/h3-4,7-9H2,1-2H3,(H,15,16,17,18). The van der Waals surface area contributed by atoms with Crippen molar-refractivity contribution in [2.24, 2.45) is 0 Å². The second-order valence-electron chi connectivity index (χ2n) is 3.79. The molecular weight excluding hydrogens is 258 g/mol. The van der Waals surface area contributed by atoms with Gasteiger partial charge in [-0.1, -0.05) is 6.92 Å². The molecule has 8 nitrogen and oxygen atoms in total. The SMILES string of the molecule is CCCOc1nc(NCC)nc(N(CC#N)CC#N)n1. The van der Waals surface area contributed by atoms with E-state index in [1.54, 1.807) is 0 Å². The third-order valence-electron chi connectivity index (χ3n) is 2.18. The number of rotatable bonds is 8. The van der Waals surface area contributed by atoms with Gasteiger partial charge < -0.3 is 15.0 Å². The summed E-state index contributed by atoms with van der Waals surface area (Å²) in [5.74, 6) is 0.620. The first-order chi connectivity index (χ1) is 9.74. The lowest BCUT2D eigenvalue weighted by molar-refractivity contribution is 0.292. The number of aromatic nitrogens is 3. The maximum absolute atomic E-state index is 8.79. The lowest BCUT2D eigenvalue weighted by Gasteiger charge is -2.17. The predicted molar refractivity (Wildman–Crippen MR) is 73.2 cm³/mol. The van der Waals surface area contributed by atoms with Crippen LogP contribution < -0.4 is 15.0 Å². The minimum absolute atomic E-state index is 0.0242. The number of anilines is 2. The predicted octanol–water partition coefficient (Wildman–Crippen LogP) is 0.946. The summed E-state index contributed by atoms with van der Waals surface area (Å²) in [7, 11) is 0. The molecular formula is C12H17N7O. The third-order valence-corrected chi connectivity index (χ3v) is 2.18. The molecule has 1 aromatic rings. The van der Waals surface area contributed by atoms with Gasteiger partial charge in [0, 0.05) is 6.54 Å². The van der Waals surface area contributed by atoms with Gasteiger partial charge in [0.05, 0.1) is 18.7 Å². The van der Waals surface area contributed by atoms with Crippen molar-refractivity contribution in [2.75, 3.05) is 36.5 Å². The molecule has 0 spiro atoms. The maximum Gasteiger partial charge on any atom is 0.323 e. The van der Waals surface area contributed by atoms with E-state index >= 15 is 0 Å². The minimum atomic E-state index is 0.0242. The normalized spacial score (nSPS) is 9.40. The topological polar surface area (TPSA) is 111 Å². The first kappa shape index (κ1) is 15.4. The van der Waals surface area contributed by atoms with Crippen LogP contribution in [-0.4, -0.2) is 41.2 Å². The van der Waals surface area contributed by atoms with Crippen LogP contribution in [0.3, 0.4) is 0 Å². The van der Waals surface area contributed by atoms with Crippen molar-refractivity contribution in [3.8, 4) is 18.1 Å². The summed E-state index contributed by atoms with van der Waals surface area (Å²) in [6.45, 7) is 5.08. The summed E-state index contributed by atoms with van der Waals surface area (Å²) in [6, 6.07) is 4.15. The van der Waals surface area contributed by atoms with Gasteiger partial charge in [-0.15, -0.1) is 0 Å². The molecule has 106 valence electrons. The molecule has 0 aliphatic carbocycles. The Hall–Kier alpha value is -2.61. The molecule has 0 radical (unpaired) electrons. The van der Waals surface area contributed by atoms with Gasteiger partial charge in [-0.2, -0.15) is 25.5 Å².